The predicted molar refractivity (Wildman–Crippen MR) is 74.6 cm³/mol. The molecule has 0 aliphatic carbocycles. The van der Waals surface area contributed by atoms with Crippen LogP contribution in [-0.2, 0) is 4.74 Å². The molecule has 0 unspecified atom stereocenters. The summed E-state index contributed by atoms with van der Waals surface area (Å²) in [6, 6.07) is 0.660. The van der Waals surface area contributed by atoms with Gasteiger partial charge < -0.3 is 14.5 Å². The first-order valence-electron chi connectivity index (χ1n) is 6.60. The summed E-state index contributed by atoms with van der Waals surface area (Å²) in [7, 11) is 0. The van der Waals surface area contributed by atoms with E-state index in [1.54, 1.807) is 11.3 Å². The molecule has 2 atom stereocenters. The third-order valence-electron chi connectivity index (χ3n) is 3.53. The summed E-state index contributed by atoms with van der Waals surface area (Å²) in [5.74, 6) is 0. The Labute approximate surface area is 117 Å². The van der Waals surface area contributed by atoms with E-state index >= 15 is 0 Å². The second-order valence-corrected chi connectivity index (χ2v) is 7.02. The van der Waals surface area contributed by atoms with Gasteiger partial charge in [0.2, 0.25) is 0 Å². The average Bonchev–Trinajstić information content (AvgIpc) is 3.02. The molecule has 3 rings (SSSR count). The van der Waals surface area contributed by atoms with Crippen molar-refractivity contribution >= 4 is 22.6 Å². The molecule has 0 saturated carbocycles. The van der Waals surface area contributed by atoms with E-state index in [9.17, 15) is 4.79 Å². The van der Waals surface area contributed by atoms with Crippen molar-refractivity contribution in [1.82, 2.24) is 9.88 Å². The van der Waals surface area contributed by atoms with Crippen LogP contribution in [0.15, 0.2) is 11.6 Å². The number of carbonyl (C=O) groups is 1. The Morgan fingerprint density at radius 1 is 1.42 bits per heavy atom. The molecule has 5 nitrogen and oxygen atoms in total. The van der Waals surface area contributed by atoms with Crippen molar-refractivity contribution in [3.05, 3.63) is 11.6 Å². The zero-order valence-electron chi connectivity index (χ0n) is 11.5. The molecule has 2 aliphatic heterocycles. The van der Waals surface area contributed by atoms with Gasteiger partial charge in [-0.25, -0.2) is 9.78 Å². The molecule has 104 valence electrons. The summed E-state index contributed by atoms with van der Waals surface area (Å²) in [5, 5.41) is 3.06. The number of fused-ring (bicyclic) bond motifs is 2. The summed E-state index contributed by atoms with van der Waals surface area (Å²) < 4.78 is 5.46. The van der Waals surface area contributed by atoms with Gasteiger partial charge >= 0.3 is 6.09 Å². The molecule has 0 spiro atoms. The first kappa shape index (κ1) is 12.7. The molecule has 2 bridgehead atoms. The van der Waals surface area contributed by atoms with Crippen LogP contribution in [0, 0.1) is 0 Å². The van der Waals surface area contributed by atoms with E-state index in [1.807, 2.05) is 37.2 Å². The van der Waals surface area contributed by atoms with E-state index in [0.717, 1.165) is 24.6 Å². The smallest absolute Gasteiger partial charge is 0.410 e. The summed E-state index contributed by atoms with van der Waals surface area (Å²) >= 11 is 1.66. The Kier molecular flexibility index (Phi) is 2.92. The van der Waals surface area contributed by atoms with Gasteiger partial charge in [-0.15, -0.1) is 11.3 Å². The third-order valence-corrected chi connectivity index (χ3v) is 4.34. The first-order valence-corrected chi connectivity index (χ1v) is 7.48. The number of thiazole rings is 1. The maximum atomic E-state index is 12.1. The lowest BCUT2D eigenvalue weighted by molar-refractivity contribution is 0.0215. The van der Waals surface area contributed by atoms with Gasteiger partial charge in [0.1, 0.15) is 5.60 Å². The van der Waals surface area contributed by atoms with Gasteiger partial charge in [0.15, 0.2) is 5.13 Å². The molecule has 0 radical (unpaired) electrons. The topological polar surface area (TPSA) is 45.7 Å². The molecule has 2 fully saturated rings. The zero-order valence-corrected chi connectivity index (χ0v) is 12.3. The van der Waals surface area contributed by atoms with E-state index < -0.39 is 5.60 Å². The standard InChI is InChI=1S/C13H19N3O2S/c1-13(2,3)18-12(17)16-8-9-6-10(16)7-15(9)11-14-4-5-19-11/h4-5,9-10H,6-8H2,1-3H3/t9-,10-/m0/s1. The summed E-state index contributed by atoms with van der Waals surface area (Å²) in [4.78, 5) is 20.7. The van der Waals surface area contributed by atoms with Crippen LogP contribution in [0.5, 0.6) is 0 Å². The van der Waals surface area contributed by atoms with Crippen molar-refractivity contribution in [2.75, 3.05) is 18.0 Å². The lowest BCUT2D eigenvalue weighted by Gasteiger charge is -2.35. The van der Waals surface area contributed by atoms with Crippen molar-refractivity contribution in [2.24, 2.45) is 0 Å². The minimum Gasteiger partial charge on any atom is -0.444 e. The van der Waals surface area contributed by atoms with Crippen LogP contribution in [-0.4, -0.2) is 46.8 Å². The maximum absolute atomic E-state index is 12.1. The monoisotopic (exact) mass is 281 g/mol. The molecule has 1 aromatic heterocycles. The molecule has 19 heavy (non-hydrogen) atoms. The van der Waals surface area contributed by atoms with Gasteiger partial charge in [-0.2, -0.15) is 0 Å². The second kappa shape index (κ2) is 4.37. The van der Waals surface area contributed by atoms with Gasteiger partial charge in [0.25, 0.3) is 0 Å². The van der Waals surface area contributed by atoms with E-state index in [2.05, 4.69) is 9.88 Å². The quantitative estimate of drug-likeness (QED) is 0.792. The van der Waals surface area contributed by atoms with Crippen LogP contribution in [0.1, 0.15) is 27.2 Å². The second-order valence-electron chi connectivity index (χ2n) is 6.14. The van der Waals surface area contributed by atoms with E-state index in [1.165, 1.54) is 0 Å². The molecule has 0 N–H and O–H groups in total. The molecule has 1 amide bonds. The number of ether oxygens (including phenoxy) is 1. The average molecular weight is 281 g/mol. The minimum atomic E-state index is -0.423. The van der Waals surface area contributed by atoms with Gasteiger partial charge in [-0.3, -0.25) is 0 Å². The summed E-state index contributed by atoms with van der Waals surface area (Å²) in [6.45, 7) is 7.33. The normalized spacial score (nSPS) is 26.1. The van der Waals surface area contributed by atoms with Crippen LogP contribution in [0.25, 0.3) is 0 Å². The molecule has 6 heteroatoms. The highest BCUT2D eigenvalue weighted by atomic mass is 32.1. The fourth-order valence-corrected chi connectivity index (χ4v) is 3.53. The van der Waals surface area contributed by atoms with Crippen molar-refractivity contribution in [2.45, 2.75) is 44.9 Å². The Hall–Kier alpha value is -1.30. The fourth-order valence-electron chi connectivity index (χ4n) is 2.80. The number of rotatable bonds is 1. The molecule has 2 aliphatic rings. The molecule has 2 saturated heterocycles. The predicted octanol–water partition coefficient (Wildman–Crippen LogP) is 2.34. The number of piperazine rings is 1. The molecule has 1 aromatic rings. The maximum Gasteiger partial charge on any atom is 0.410 e. The molecule has 0 aromatic carbocycles. The minimum absolute atomic E-state index is 0.182. The highest BCUT2D eigenvalue weighted by molar-refractivity contribution is 7.13. The fraction of sp³-hybridized carbons (Fsp3) is 0.692. The van der Waals surface area contributed by atoms with Crippen molar-refractivity contribution in [3.8, 4) is 0 Å². The van der Waals surface area contributed by atoms with Gasteiger partial charge in [-0.05, 0) is 27.2 Å². The SMILES string of the molecule is CC(C)(C)OC(=O)N1C[C@@H]2C[C@H]1CN2c1nccs1. The van der Waals surface area contributed by atoms with E-state index in [4.69, 9.17) is 4.74 Å². The summed E-state index contributed by atoms with van der Waals surface area (Å²) in [5.41, 5.74) is -0.423. The third kappa shape index (κ3) is 2.41. The highest BCUT2D eigenvalue weighted by Gasteiger charge is 2.47. The molecular formula is C13H19N3O2S. The number of nitrogens with zero attached hydrogens (tertiary/aromatic N) is 3. The molecular weight excluding hydrogens is 262 g/mol. The van der Waals surface area contributed by atoms with E-state index in [0.29, 0.717) is 6.04 Å². The number of likely N-dealkylation sites (tertiary alicyclic amines) is 1. The first-order chi connectivity index (χ1) is 8.94. The van der Waals surface area contributed by atoms with Crippen LogP contribution in [0.3, 0.4) is 0 Å². The van der Waals surface area contributed by atoms with E-state index in [-0.39, 0.29) is 12.1 Å². The van der Waals surface area contributed by atoms with Crippen LogP contribution < -0.4 is 4.90 Å². The number of hydrogen-bond acceptors (Lipinski definition) is 5. The Morgan fingerprint density at radius 2 is 2.21 bits per heavy atom. The zero-order chi connectivity index (χ0) is 13.6. The lowest BCUT2D eigenvalue weighted by Crippen LogP contribution is -2.50. The van der Waals surface area contributed by atoms with Gasteiger partial charge in [0, 0.05) is 24.7 Å². The van der Waals surface area contributed by atoms with Gasteiger partial charge in [-0.1, -0.05) is 0 Å². The highest BCUT2D eigenvalue weighted by Crippen LogP contribution is 2.35. The van der Waals surface area contributed by atoms with Crippen LogP contribution in [0.2, 0.25) is 0 Å². The van der Waals surface area contributed by atoms with Gasteiger partial charge in [0.05, 0.1) is 12.1 Å². The van der Waals surface area contributed by atoms with Crippen LogP contribution in [0.4, 0.5) is 9.93 Å². The number of anilines is 1. The Bertz CT molecular complexity index is 469. The number of carbonyl (C=O) groups excluding carboxylic acids is 1. The van der Waals surface area contributed by atoms with Crippen molar-refractivity contribution in [1.29, 1.82) is 0 Å². The largest absolute Gasteiger partial charge is 0.444 e. The Balaban J connectivity index is 1.65. The lowest BCUT2D eigenvalue weighted by atomic mass is 10.2. The van der Waals surface area contributed by atoms with Crippen molar-refractivity contribution in [3.63, 3.8) is 0 Å². The number of aromatic nitrogens is 1. The number of amides is 1. The summed E-state index contributed by atoms with van der Waals surface area (Å²) in [6.07, 6.45) is 2.68. The Morgan fingerprint density at radius 3 is 2.74 bits per heavy atom. The van der Waals surface area contributed by atoms with Crippen LogP contribution >= 0.6 is 11.3 Å². The number of hydrogen-bond donors (Lipinski definition) is 0. The molecule has 3 heterocycles. The van der Waals surface area contributed by atoms with Crippen molar-refractivity contribution < 1.29 is 9.53 Å².